The Morgan fingerprint density at radius 3 is 2.58 bits per heavy atom. The summed E-state index contributed by atoms with van der Waals surface area (Å²) in [5, 5.41) is 3.41. The lowest BCUT2D eigenvalue weighted by molar-refractivity contribution is 0.0295. The Hall–Kier alpha value is -0.930. The number of benzene rings is 1. The van der Waals surface area contributed by atoms with Gasteiger partial charge in [0.2, 0.25) is 0 Å². The van der Waals surface area contributed by atoms with Gasteiger partial charge in [-0.05, 0) is 37.5 Å². The molecule has 1 N–H and O–H groups in total. The maximum Gasteiger partial charge on any atom is 0.123 e. The highest BCUT2D eigenvalue weighted by Crippen LogP contribution is 2.20. The molecular weight excluding hydrogens is 241 g/mol. The van der Waals surface area contributed by atoms with E-state index in [-0.39, 0.29) is 11.9 Å². The van der Waals surface area contributed by atoms with Gasteiger partial charge in [0, 0.05) is 12.6 Å². The smallest absolute Gasteiger partial charge is 0.123 e. The first-order chi connectivity index (χ1) is 9.25. The Kier molecular flexibility index (Phi) is 5.80. The molecule has 106 valence electrons. The summed E-state index contributed by atoms with van der Waals surface area (Å²) in [7, 11) is 0. The Balaban J connectivity index is 1.63. The summed E-state index contributed by atoms with van der Waals surface area (Å²) in [6.45, 7) is 3.69. The van der Waals surface area contributed by atoms with Crippen LogP contribution in [0.1, 0.15) is 50.6 Å². The molecule has 3 heteroatoms. The normalized spacial score (nSPS) is 18.4. The van der Waals surface area contributed by atoms with Gasteiger partial charge in [0.1, 0.15) is 5.82 Å². The summed E-state index contributed by atoms with van der Waals surface area (Å²) in [5.74, 6) is -0.184. The summed E-state index contributed by atoms with van der Waals surface area (Å²) < 4.78 is 18.7. The van der Waals surface area contributed by atoms with Crippen molar-refractivity contribution in [3.63, 3.8) is 0 Å². The fourth-order valence-electron chi connectivity index (χ4n) is 2.60. The van der Waals surface area contributed by atoms with Gasteiger partial charge >= 0.3 is 0 Å². The summed E-state index contributed by atoms with van der Waals surface area (Å²) >= 11 is 0. The largest absolute Gasteiger partial charge is 0.377 e. The van der Waals surface area contributed by atoms with E-state index in [0.29, 0.717) is 6.10 Å². The lowest BCUT2D eigenvalue weighted by Crippen LogP contribution is -2.26. The molecule has 0 aromatic heterocycles. The number of hydrogen-bond donors (Lipinski definition) is 1. The highest BCUT2D eigenvalue weighted by Gasteiger charge is 2.13. The predicted octanol–water partition coefficient (Wildman–Crippen LogP) is 3.83. The van der Waals surface area contributed by atoms with Crippen molar-refractivity contribution in [3.8, 4) is 0 Å². The summed E-state index contributed by atoms with van der Waals surface area (Å²) in [4.78, 5) is 0. The number of rotatable bonds is 6. The van der Waals surface area contributed by atoms with Gasteiger partial charge in [0.15, 0.2) is 0 Å². The molecule has 2 rings (SSSR count). The molecule has 19 heavy (non-hydrogen) atoms. The topological polar surface area (TPSA) is 21.3 Å². The van der Waals surface area contributed by atoms with Crippen molar-refractivity contribution >= 4 is 0 Å². The molecule has 1 aromatic carbocycles. The maximum absolute atomic E-state index is 12.8. The fraction of sp³-hybridized carbons (Fsp3) is 0.625. The third kappa shape index (κ3) is 4.92. The number of nitrogens with one attached hydrogen (secondary N) is 1. The minimum atomic E-state index is -0.184. The van der Waals surface area contributed by atoms with Crippen LogP contribution < -0.4 is 5.32 Å². The average Bonchev–Trinajstić information content (AvgIpc) is 2.45. The van der Waals surface area contributed by atoms with Gasteiger partial charge in [-0.1, -0.05) is 31.4 Å². The van der Waals surface area contributed by atoms with Gasteiger partial charge in [-0.15, -0.1) is 0 Å². The van der Waals surface area contributed by atoms with Crippen LogP contribution in [0.5, 0.6) is 0 Å². The van der Waals surface area contributed by atoms with E-state index in [4.69, 9.17) is 4.74 Å². The van der Waals surface area contributed by atoms with E-state index in [0.717, 1.165) is 18.7 Å². The Morgan fingerprint density at radius 2 is 1.89 bits per heavy atom. The molecule has 1 unspecified atom stereocenters. The minimum absolute atomic E-state index is 0.184. The van der Waals surface area contributed by atoms with Gasteiger partial charge in [-0.3, -0.25) is 0 Å². The molecule has 1 aromatic rings. The van der Waals surface area contributed by atoms with Crippen molar-refractivity contribution in [2.75, 3.05) is 13.2 Å². The van der Waals surface area contributed by atoms with Crippen LogP contribution in [0, 0.1) is 5.82 Å². The van der Waals surface area contributed by atoms with Gasteiger partial charge in [0.05, 0.1) is 12.7 Å². The lowest BCUT2D eigenvalue weighted by atomic mass is 9.98. The van der Waals surface area contributed by atoms with E-state index in [2.05, 4.69) is 12.2 Å². The van der Waals surface area contributed by atoms with Crippen LogP contribution in [-0.4, -0.2) is 19.3 Å². The molecule has 0 spiro atoms. The van der Waals surface area contributed by atoms with Crippen molar-refractivity contribution in [3.05, 3.63) is 35.6 Å². The predicted molar refractivity (Wildman–Crippen MR) is 75.6 cm³/mol. The van der Waals surface area contributed by atoms with Crippen LogP contribution in [-0.2, 0) is 4.74 Å². The van der Waals surface area contributed by atoms with E-state index >= 15 is 0 Å². The van der Waals surface area contributed by atoms with Gasteiger partial charge < -0.3 is 10.1 Å². The fourth-order valence-corrected chi connectivity index (χ4v) is 2.60. The number of halogens is 1. The van der Waals surface area contributed by atoms with Crippen LogP contribution in [0.25, 0.3) is 0 Å². The van der Waals surface area contributed by atoms with Crippen LogP contribution in [0.3, 0.4) is 0 Å². The molecule has 0 amide bonds. The van der Waals surface area contributed by atoms with E-state index < -0.39 is 0 Å². The van der Waals surface area contributed by atoms with Gasteiger partial charge in [-0.2, -0.15) is 0 Å². The first kappa shape index (κ1) is 14.5. The van der Waals surface area contributed by atoms with E-state index in [1.54, 1.807) is 0 Å². The first-order valence-electron chi connectivity index (χ1n) is 7.36. The average molecular weight is 265 g/mol. The van der Waals surface area contributed by atoms with Crippen LogP contribution >= 0.6 is 0 Å². The summed E-state index contributed by atoms with van der Waals surface area (Å²) in [5.41, 5.74) is 1.11. The molecule has 1 aliphatic carbocycles. The van der Waals surface area contributed by atoms with Crippen molar-refractivity contribution in [1.82, 2.24) is 5.32 Å². The number of hydrogen-bond acceptors (Lipinski definition) is 2. The molecule has 0 radical (unpaired) electrons. The van der Waals surface area contributed by atoms with Crippen molar-refractivity contribution in [2.24, 2.45) is 0 Å². The highest BCUT2D eigenvalue weighted by molar-refractivity contribution is 5.19. The lowest BCUT2D eigenvalue weighted by Gasteiger charge is -2.22. The van der Waals surface area contributed by atoms with Crippen molar-refractivity contribution in [2.45, 2.75) is 51.2 Å². The van der Waals surface area contributed by atoms with E-state index in [1.807, 2.05) is 12.1 Å². The highest BCUT2D eigenvalue weighted by atomic mass is 19.1. The molecule has 0 heterocycles. The SMILES string of the molecule is CC(NCCOC1CCCCC1)c1ccc(F)cc1. The third-order valence-electron chi connectivity index (χ3n) is 3.83. The second-order valence-corrected chi connectivity index (χ2v) is 5.36. The molecule has 2 nitrogen and oxygen atoms in total. The molecular formula is C16H24FNO. The van der Waals surface area contributed by atoms with E-state index in [1.165, 1.54) is 44.2 Å². The van der Waals surface area contributed by atoms with Crippen LogP contribution in [0.15, 0.2) is 24.3 Å². The Labute approximate surface area is 115 Å². The zero-order valence-corrected chi connectivity index (χ0v) is 11.7. The molecule has 0 saturated heterocycles. The second kappa shape index (κ2) is 7.61. The Morgan fingerprint density at radius 1 is 1.21 bits per heavy atom. The van der Waals surface area contributed by atoms with E-state index in [9.17, 15) is 4.39 Å². The van der Waals surface area contributed by atoms with Crippen LogP contribution in [0.4, 0.5) is 4.39 Å². The summed E-state index contributed by atoms with van der Waals surface area (Å²) in [6, 6.07) is 6.90. The molecule has 1 fully saturated rings. The zero-order valence-electron chi connectivity index (χ0n) is 11.7. The second-order valence-electron chi connectivity index (χ2n) is 5.36. The monoisotopic (exact) mass is 265 g/mol. The van der Waals surface area contributed by atoms with Gasteiger partial charge in [0.25, 0.3) is 0 Å². The quantitative estimate of drug-likeness (QED) is 0.789. The minimum Gasteiger partial charge on any atom is -0.377 e. The molecule has 0 bridgehead atoms. The molecule has 1 aliphatic rings. The first-order valence-corrected chi connectivity index (χ1v) is 7.36. The van der Waals surface area contributed by atoms with Crippen LogP contribution in [0.2, 0.25) is 0 Å². The Bertz CT molecular complexity index is 360. The molecule has 1 saturated carbocycles. The maximum atomic E-state index is 12.8. The third-order valence-corrected chi connectivity index (χ3v) is 3.83. The zero-order chi connectivity index (χ0) is 13.5. The standard InChI is InChI=1S/C16H24FNO/c1-13(14-7-9-15(17)10-8-14)18-11-12-19-16-5-3-2-4-6-16/h7-10,13,16,18H,2-6,11-12H2,1H3. The molecule has 1 atom stereocenters. The van der Waals surface area contributed by atoms with Crippen molar-refractivity contribution < 1.29 is 9.13 Å². The number of ether oxygens (including phenoxy) is 1. The summed E-state index contributed by atoms with van der Waals surface area (Å²) in [6.07, 6.45) is 6.88. The van der Waals surface area contributed by atoms with Gasteiger partial charge in [-0.25, -0.2) is 4.39 Å². The van der Waals surface area contributed by atoms with Crippen molar-refractivity contribution in [1.29, 1.82) is 0 Å². The molecule has 0 aliphatic heterocycles.